The Hall–Kier alpha value is -3.46. The number of aliphatic hydroxyl groups excluding tert-OH is 1. The van der Waals surface area contributed by atoms with E-state index in [9.17, 15) is 9.90 Å². The number of carbonyl (C=O) groups excluding carboxylic acids is 1. The molecule has 13 heteroatoms. The molecule has 2 aromatic carbocycles. The maximum Gasteiger partial charge on any atom is 0.422 e. The van der Waals surface area contributed by atoms with Crippen molar-refractivity contribution in [3.05, 3.63) is 70.8 Å². The molecule has 2 aliphatic heterocycles. The van der Waals surface area contributed by atoms with E-state index in [0.29, 0.717) is 11.6 Å². The largest absolute Gasteiger partial charge is 0.443 e. The number of fused-ring (bicyclic) bond motifs is 2. The molecule has 0 aliphatic carbocycles. The summed E-state index contributed by atoms with van der Waals surface area (Å²) in [6, 6.07) is 14.9. The number of aromatic nitrogens is 4. The standard InChI is InChI=1S/C30H36N6O6S/c1-16-31-27(36(35-16)19-11-12-20-24(13-19)43-17(2)32-20)26-22(37)14-21(33-34-29(38)42-30(3,4)5)25-23(40-26)15-39-28(41-25)18-9-7-6-8-10-18/h6-13,21-23,25-26,28,33,37H,14-15H2,1-5H3,(H,34,38)/t21?,22?,23?,25-,26-,28?/m1/s1. The average Bonchev–Trinajstić information content (AvgIpc) is 3.50. The minimum Gasteiger partial charge on any atom is -0.443 e. The van der Waals surface area contributed by atoms with Crippen LogP contribution in [0.1, 0.15) is 61.8 Å². The summed E-state index contributed by atoms with van der Waals surface area (Å²) in [5, 5.41) is 17.2. The minimum atomic E-state index is -1.03. The van der Waals surface area contributed by atoms with Gasteiger partial charge >= 0.3 is 6.09 Å². The number of hydrazine groups is 1. The number of aliphatic hydroxyl groups is 1. The molecular weight excluding hydrogens is 572 g/mol. The summed E-state index contributed by atoms with van der Waals surface area (Å²) >= 11 is 1.60. The summed E-state index contributed by atoms with van der Waals surface area (Å²) in [5.41, 5.74) is 7.53. The van der Waals surface area contributed by atoms with Crippen LogP contribution in [0, 0.1) is 13.8 Å². The smallest absolute Gasteiger partial charge is 0.422 e. The Kier molecular flexibility index (Phi) is 8.20. The van der Waals surface area contributed by atoms with Gasteiger partial charge in [0.1, 0.15) is 29.7 Å². The number of nitrogens with one attached hydrogen (secondary N) is 2. The van der Waals surface area contributed by atoms with Crippen molar-refractivity contribution in [2.45, 2.75) is 83.4 Å². The molecule has 3 N–H and O–H groups in total. The van der Waals surface area contributed by atoms with Crippen LogP contribution in [0.3, 0.4) is 0 Å². The molecule has 0 saturated carbocycles. The molecule has 2 aliphatic rings. The highest BCUT2D eigenvalue weighted by atomic mass is 32.1. The second-order valence-corrected chi connectivity index (χ2v) is 13.0. The van der Waals surface area contributed by atoms with Crippen molar-refractivity contribution in [1.29, 1.82) is 0 Å². The number of hydrogen-bond acceptors (Lipinski definition) is 11. The van der Waals surface area contributed by atoms with Crippen LogP contribution >= 0.6 is 11.3 Å². The fraction of sp³-hybridized carbons (Fsp3) is 0.467. The second kappa shape index (κ2) is 11.9. The Balaban J connectivity index is 1.30. The normalized spacial score (nSPS) is 26.1. The highest BCUT2D eigenvalue weighted by molar-refractivity contribution is 7.18. The second-order valence-electron chi connectivity index (χ2n) is 11.8. The molecule has 2 fully saturated rings. The van der Waals surface area contributed by atoms with E-state index in [-0.39, 0.29) is 13.0 Å². The van der Waals surface area contributed by atoms with Gasteiger partial charge in [-0.15, -0.1) is 11.3 Å². The van der Waals surface area contributed by atoms with Crippen LogP contribution < -0.4 is 10.9 Å². The zero-order chi connectivity index (χ0) is 30.3. The molecule has 12 nitrogen and oxygen atoms in total. The van der Waals surface area contributed by atoms with E-state index in [2.05, 4.69) is 20.9 Å². The summed E-state index contributed by atoms with van der Waals surface area (Å²) in [4.78, 5) is 21.8. The third kappa shape index (κ3) is 6.56. The Bertz CT molecular complexity index is 1590. The minimum absolute atomic E-state index is 0.169. The van der Waals surface area contributed by atoms with Crippen molar-refractivity contribution in [1.82, 2.24) is 30.6 Å². The van der Waals surface area contributed by atoms with Gasteiger partial charge in [-0.25, -0.2) is 24.9 Å². The first-order valence-corrected chi connectivity index (χ1v) is 15.1. The molecule has 6 atom stereocenters. The van der Waals surface area contributed by atoms with Gasteiger partial charge in [-0.05, 0) is 59.2 Å². The van der Waals surface area contributed by atoms with Crippen molar-refractivity contribution >= 4 is 27.6 Å². The van der Waals surface area contributed by atoms with E-state index >= 15 is 0 Å². The first-order chi connectivity index (χ1) is 20.5. The van der Waals surface area contributed by atoms with E-state index in [0.717, 1.165) is 26.5 Å². The van der Waals surface area contributed by atoms with Crippen LogP contribution in [0.2, 0.25) is 0 Å². The van der Waals surface area contributed by atoms with Gasteiger partial charge in [-0.3, -0.25) is 5.43 Å². The number of ether oxygens (including phenoxy) is 4. The number of amides is 1. The van der Waals surface area contributed by atoms with Crippen molar-refractivity contribution in [2.75, 3.05) is 6.61 Å². The monoisotopic (exact) mass is 608 g/mol. The first-order valence-electron chi connectivity index (χ1n) is 14.3. The molecule has 4 heterocycles. The fourth-order valence-electron chi connectivity index (χ4n) is 5.39. The van der Waals surface area contributed by atoms with Crippen molar-refractivity contribution in [3.63, 3.8) is 0 Å². The molecule has 2 aromatic heterocycles. The summed E-state index contributed by atoms with van der Waals surface area (Å²) in [7, 11) is 0. The average molecular weight is 609 g/mol. The van der Waals surface area contributed by atoms with Gasteiger partial charge < -0.3 is 24.1 Å². The van der Waals surface area contributed by atoms with Crippen LogP contribution in [0.25, 0.3) is 15.9 Å². The summed E-state index contributed by atoms with van der Waals surface area (Å²) in [6.45, 7) is 9.32. The van der Waals surface area contributed by atoms with Gasteiger partial charge in [-0.1, -0.05) is 30.3 Å². The Morgan fingerprint density at radius 3 is 2.67 bits per heavy atom. The van der Waals surface area contributed by atoms with Crippen LogP contribution in [0.4, 0.5) is 4.79 Å². The molecule has 0 spiro atoms. The molecule has 6 rings (SSSR count). The predicted octanol–water partition coefficient (Wildman–Crippen LogP) is 4.20. The molecule has 1 amide bonds. The third-order valence-electron chi connectivity index (χ3n) is 7.17. The van der Waals surface area contributed by atoms with Gasteiger partial charge in [-0.2, -0.15) is 5.10 Å². The maximum atomic E-state index is 12.5. The highest BCUT2D eigenvalue weighted by Gasteiger charge is 2.47. The lowest BCUT2D eigenvalue weighted by molar-refractivity contribution is -0.275. The molecule has 228 valence electrons. The maximum absolute atomic E-state index is 12.5. The number of thiazole rings is 1. The lowest BCUT2D eigenvalue weighted by Crippen LogP contribution is -2.57. The van der Waals surface area contributed by atoms with Gasteiger partial charge in [0.2, 0.25) is 0 Å². The number of nitrogens with zero attached hydrogens (tertiary/aromatic N) is 4. The molecule has 0 radical (unpaired) electrons. The van der Waals surface area contributed by atoms with Gasteiger partial charge in [0.05, 0.1) is 39.7 Å². The zero-order valence-corrected chi connectivity index (χ0v) is 25.5. The van der Waals surface area contributed by atoms with E-state index < -0.39 is 48.4 Å². The SMILES string of the molecule is Cc1nc([C@@H]2OC3COC(c4ccccc4)O[C@@H]3C(NNC(=O)OC(C)(C)C)CC2O)n(-c2ccc3nc(C)sc3c2)n1. The topological polar surface area (TPSA) is 142 Å². The fourth-order valence-corrected chi connectivity index (χ4v) is 6.25. The van der Waals surface area contributed by atoms with Gasteiger partial charge in [0, 0.05) is 5.56 Å². The van der Waals surface area contributed by atoms with Crippen molar-refractivity contribution in [2.24, 2.45) is 0 Å². The summed E-state index contributed by atoms with van der Waals surface area (Å²) in [5.74, 6) is 0.990. The van der Waals surface area contributed by atoms with Crippen LogP contribution in [0.15, 0.2) is 48.5 Å². The van der Waals surface area contributed by atoms with Crippen LogP contribution in [-0.4, -0.2) is 67.5 Å². The molecular formula is C30H36N6O6S. The summed E-state index contributed by atoms with van der Waals surface area (Å²) < 4.78 is 27.2. The van der Waals surface area contributed by atoms with Gasteiger partial charge in [0.25, 0.3) is 0 Å². The first kappa shape index (κ1) is 29.6. The Morgan fingerprint density at radius 1 is 1.12 bits per heavy atom. The predicted molar refractivity (Wildman–Crippen MR) is 159 cm³/mol. The number of benzene rings is 2. The molecule has 43 heavy (non-hydrogen) atoms. The van der Waals surface area contributed by atoms with Crippen LogP contribution in [0.5, 0.6) is 0 Å². The quantitative estimate of drug-likeness (QED) is 0.282. The van der Waals surface area contributed by atoms with E-state index in [1.807, 2.05) is 55.5 Å². The van der Waals surface area contributed by atoms with Crippen molar-refractivity contribution in [3.8, 4) is 5.69 Å². The number of hydrogen-bond donors (Lipinski definition) is 3. The molecule has 4 aromatic rings. The molecule has 2 saturated heterocycles. The van der Waals surface area contributed by atoms with E-state index in [1.165, 1.54) is 0 Å². The lowest BCUT2D eigenvalue weighted by Gasteiger charge is -2.39. The zero-order valence-electron chi connectivity index (χ0n) is 24.7. The molecule has 0 bridgehead atoms. The summed E-state index contributed by atoms with van der Waals surface area (Å²) in [6.07, 6.45) is -4.20. The molecule has 4 unspecified atom stereocenters. The lowest BCUT2D eigenvalue weighted by atomic mass is 9.99. The Morgan fingerprint density at radius 2 is 1.91 bits per heavy atom. The Labute approximate surface area is 253 Å². The van der Waals surface area contributed by atoms with Crippen molar-refractivity contribution < 1.29 is 28.8 Å². The highest BCUT2D eigenvalue weighted by Crippen LogP contribution is 2.38. The third-order valence-corrected chi connectivity index (χ3v) is 8.10. The number of carbonyl (C=O) groups is 1. The van der Waals surface area contributed by atoms with E-state index in [4.69, 9.17) is 23.9 Å². The number of rotatable bonds is 5. The number of aryl methyl sites for hydroxylation is 2. The van der Waals surface area contributed by atoms with E-state index in [1.54, 1.807) is 43.7 Å². The van der Waals surface area contributed by atoms with Crippen LogP contribution in [-0.2, 0) is 18.9 Å². The van der Waals surface area contributed by atoms with Gasteiger partial charge in [0.15, 0.2) is 12.1 Å².